The van der Waals surface area contributed by atoms with E-state index in [0.717, 1.165) is 23.1 Å². The van der Waals surface area contributed by atoms with Gasteiger partial charge in [0.2, 0.25) is 17.7 Å². The fourth-order valence-corrected chi connectivity index (χ4v) is 10.9. The summed E-state index contributed by atoms with van der Waals surface area (Å²) in [6.45, 7) is 3.61. The molecule has 0 saturated carbocycles. The minimum Gasteiger partial charge on any atom is -0.490 e. The molecule has 6 aromatic rings. The van der Waals surface area contributed by atoms with Crippen LogP contribution in [0.1, 0.15) is 72.4 Å². The van der Waals surface area contributed by atoms with Gasteiger partial charge < -0.3 is 39.6 Å². The summed E-state index contributed by atoms with van der Waals surface area (Å²) in [5, 5.41) is 27.2. The molecule has 10 rings (SSSR count). The molecule has 4 N–H and O–H groups in total. The molecule has 400 valence electrons. The third-order valence-electron chi connectivity index (χ3n) is 14.4. The van der Waals surface area contributed by atoms with Crippen molar-refractivity contribution in [2.75, 3.05) is 39.3 Å². The van der Waals surface area contributed by atoms with Crippen LogP contribution in [0.3, 0.4) is 0 Å². The van der Waals surface area contributed by atoms with Gasteiger partial charge in [-0.15, -0.1) is 0 Å². The SMILES string of the molecule is CC1(C)O[C@@H]2Cc3ccccc3[C@@H]2N1C(=O)CCc1cccnc1.O=C(N[C@H]1c2ccccc2OC[C@H]1O)[C@H](Cc1cccnc1)C[C@H](O)CN1CCN(Cc2ccc(-c3ccccc3)o2)C[C@H]1C(=O)NCC(F)(F)F. The normalized spacial score (nSPS) is 21.7. The number of nitrogens with one attached hydrogen (secondary N) is 2. The first-order chi connectivity index (χ1) is 36.6. The van der Waals surface area contributed by atoms with Gasteiger partial charge in [0.15, 0.2) is 0 Å². The topological polar surface area (TPSA) is 183 Å². The number of alkyl halides is 3. The molecule has 2 fully saturated rings. The van der Waals surface area contributed by atoms with Gasteiger partial charge in [-0.05, 0) is 85.7 Å². The molecular formula is C58H64F3N7O8. The summed E-state index contributed by atoms with van der Waals surface area (Å²) in [6, 6.07) is 34.5. The summed E-state index contributed by atoms with van der Waals surface area (Å²) < 4.78 is 57.2. The van der Waals surface area contributed by atoms with E-state index in [2.05, 4.69) is 33.5 Å². The molecule has 15 nitrogen and oxygen atoms in total. The molecule has 1 aliphatic carbocycles. The minimum absolute atomic E-state index is 0.00423. The summed E-state index contributed by atoms with van der Waals surface area (Å²) in [7, 11) is 0. The van der Waals surface area contributed by atoms with Crippen LogP contribution in [0.25, 0.3) is 11.3 Å². The molecule has 3 aromatic heterocycles. The number of aryl methyl sites for hydroxylation is 1. The maximum atomic E-state index is 13.9. The van der Waals surface area contributed by atoms with E-state index >= 15 is 0 Å². The van der Waals surface area contributed by atoms with Gasteiger partial charge in [0.05, 0.1) is 30.8 Å². The number of carbonyl (C=O) groups excluding carboxylic acids is 3. The van der Waals surface area contributed by atoms with Crippen LogP contribution in [0.2, 0.25) is 0 Å². The van der Waals surface area contributed by atoms with Crippen molar-refractivity contribution in [1.29, 1.82) is 0 Å². The number of hydrogen-bond donors (Lipinski definition) is 4. The quantitative estimate of drug-likeness (QED) is 0.0781. The highest BCUT2D eigenvalue weighted by Crippen LogP contribution is 2.48. The van der Waals surface area contributed by atoms with Crippen molar-refractivity contribution >= 4 is 17.7 Å². The van der Waals surface area contributed by atoms with Crippen molar-refractivity contribution in [1.82, 2.24) is 35.3 Å². The maximum Gasteiger partial charge on any atom is 0.405 e. The summed E-state index contributed by atoms with van der Waals surface area (Å²) in [4.78, 5) is 54.0. The van der Waals surface area contributed by atoms with Crippen molar-refractivity contribution < 1.29 is 51.7 Å². The fourth-order valence-electron chi connectivity index (χ4n) is 10.9. The molecule has 3 aliphatic heterocycles. The highest BCUT2D eigenvalue weighted by Gasteiger charge is 2.53. The zero-order chi connectivity index (χ0) is 53.4. The Labute approximate surface area is 440 Å². The van der Waals surface area contributed by atoms with Gasteiger partial charge in [0, 0.05) is 80.9 Å². The molecule has 76 heavy (non-hydrogen) atoms. The number of carbonyl (C=O) groups is 3. The number of aromatic nitrogens is 2. The van der Waals surface area contributed by atoms with Gasteiger partial charge in [0.1, 0.15) is 48.3 Å². The van der Waals surface area contributed by atoms with Gasteiger partial charge in [-0.2, -0.15) is 13.2 Å². The van der Waals surface area contributed by atoms with E-state index in [-0.39, 0.29) is 57.1 Å². The van der Waals surface area contributed by atoms with E-state index in [1.807, 2.05) is 102 Å². The van der Waals surface area contributed by atoms with E-state index in [4.69, 9.17) is 13.9 Å². The number of aliphatic hydroxyl groups is 2. The van der Waals surface area contributed by atoms with Crippen LogP contribution in [-0.4, -0.2) is 128 Å². The number of nitrogens with zero attached hydrogens (tertiary/aromatic N) is 5. The summed E-state index contributed by atoms with van der Waals surface area (Å²) in [5.41, 5.74) is 5.36. The first-order valence-electron chi connectivity index (χ1n) is 25.8. The Kier molecular flexibility index (Phi) is 17.0. The van der Waals surface area contributed by atoms with Gasteiger partial charge in [0.25, 0.3) is 0 Å². The third-order valence-corrected chi connectivity index (χ3v) is 14.4. The van der Waals surface area contributed by atoms with Crippen LogP contribution < -0.4 is 15.4 Å². The first-order valence-corrected chi connectivity index (χ1v) is 25.8. The largest absolute Gasteiger partial charge is 0.490 e. The molecule has 7 atom stereocenters. The molecule has 2 saturated heterocycles. The van der Waals surface area contributed by atoms with Crippen LogP contribution in [0, 0.1) is 5.92 Å². The van der Waals surface area contributed by atoms with E-state index in [1.165, 1.54) is 11.1 Å². The molecule has 0 unspecified atom stereocenters. The number of aliphatic hydroxyl groups excluding tert-OH is 2. The number of halogens is 3. The van der Waals surface area contributed by atoms with Crippen molar-refractivity contribution in [2.24, 2.45) is 5.92 Å². The summed E-state index contributed by atoms with van der Waals surface area (Å²) in [5.74, 6) is 0.0444. The van der Waals surface area contributed by atoms with Crippen LogP contribution >= 0.6 is 0 Å². The minimum atomic E-state index is -4.60. The Morgan fingerprint density at radius 2 is 1.57 bits per heavy atom. The van der Waals surface area contributed by atoms with Gasteiger partial charge >= 0.3 is 6.18 Å². The number of pyridine rings is 2. The lowest BCUT2D eigenvalue weighted by molar-refractivity contribution is -0.147. The van der Waals surface area contributed by atoms with Crippen LogP contribution in [0.5, 0.6) is 5.75 Å². The second-order valence-electron chi connectivity index (χ2n) is 20.3. The number of rotatable bonds is 16. The van der Waals surface area contributed by atoms with Crippen molar-refractivity contribution in [2.45, 2.75) is 101 Å². The average molecular weight is 1040 g/mol. The molecule has 18 heteroatoms. The highest BCUT2D eigenvalue weighted by molar-refractivity contribution is 5.82. The predicted octanol–water partition coefficient (Wildman–Crippen LogP) is 7.00. The zero-order valence-corrected chi connectivity index (χ0v) is 42.5. The van der Waals surface area contributed by atoms with E-state index < -0.39 is 60.5 Å². The molecule has 6 heterocycles. The lowest BCUT2D eigenvalue weighted by Crippen LogP contribution is -2.60. The van der Waals surface area contributed by atoms with Crippen LogP contribution in [0.15, 0.2) is 144 Å². The predicted molar refractivity (Wildman–Crippen MR) is 276 cm³/mol. The number of para-hydroxylation sites is 1. The van der Waals surface area contributed by atoms with Crippen molar-refractivity contribution in [3.05, 3.63) is 174 Å². The molecule has 4 aliphatic rings. The Hall–Kier alpha value is -6.96. The number of fused-ring (bicyclic) bond motifs is 4. The third kappa shape index (κ3) is 13.3. The Morgan fingerprint density at radius 3 is 2.30 bits per heavy atom. The molecule has 0 spiro atoms. The second kappa shape index (κ2) is 23.9. The number of furan rings is 1. The summed E-state index contributed by atoms with van der Waals surface area (Å²) >= 11 is 0. The maximum absolute atomic E-state index is 13.9. The number of piperazine rings is 1. The van der Waals surface area contributed by atoms with Crippen molar-refractivity contribution in [3.63, 3.8) is 0 Å². The fraction of sp³-hybridized carbons (Fsp3) is 0.397. The number of benzene rings is 3. The number of hydrogen-bond acceptors (Lipinski definition) is 12. The van der Waals surface area contributed by atoms with E-state index in [0.29, 0.717) is 48.8 Å². The second-order valence-corrected chi connectivity index (χ2v) is 20.3. The molecule has 3 amide bonds. The lowest BCUT2D eigenvalue weighted by Gasteiger charge is -2.41. The van der Waals surface area contributed by atoms with Crippen molar-refractivity contribution in [3.8, 4) is 17.1 Å². The van der Waals surface area contributed by atoms with Gasteiger partial charge in [-0.25, -0.2) is 0 Å². The number of β-amino-alcohol motifs (C(OH)–C–C–N with tert-alkyl or cyclic N) is 1. The monoisotopic (exact) mass is 1040 g/mol. The molecular weight excluding hydrogens is 980 g/mol. The smallest absolute Gasteiger partial charge is 0.405 e. The van der Waals surface area contributed by atoms with Crippen LogP contribution in [0.4, 0.5) is 13.2 Å². The van der Waals surface area contributed by atoms with E-state index in [9.17, 15) is 37.8 Å². The average Bonchev–Trinajstić information content (AvgIpc) is 4.22. The highest BCUT2D eigenvalue weighted by atomic mass is 19.4. The van der Waals surface area contributed by atoms with Gasteiger partial charge in [-0.1, -0.05) is 84.9 Å². The van der Waals surface area contributed by atoms with E-state index in [1.54, 1.807) is 53.8 Å². The molecule has 3 aromatic carbocycles. The Balaban J connectivity index is 0.000000243. The number of ether oxygens (including phenoxy) is 2. The van der Waals surface area contributed by atoms with Gasteiger partial charge in [-0.3, -0.25) is 34.2 Å². The molecule has 0 radical (unpaired) electrons. The number of amides is 3. The standard InChI is InChI=1S/C38H42F3N5O6.C20H22N2O2/c39-38(40,41)24-43-37(50)31-22-45(21-29-12-13-33(52-29)26-8-2-1-3-9-26)15-16-46(31)20-28(47)18-27(17-25-7-6-14-42-19-25)36(49)44-35-30-10-4-5-11-34(30)51-23-32(35)48;1-20(2)22(18(23)10-9-14-6-5-11-21-13-14)19-16-8-4-3-7-15(16)12-17(19)24-20/h1-14,19,27-28,31-32,35,47-48H,15-18,20-24H2,(H,43,50)(H,44,49);3-8,11,13,17,19H,9-10,12H2,1-2H3/t27-,28+,31+,32-,35+;17-,19+/m11/s1. The Morgan fingerprint density at radius 1 is 0.855 bits per heavy atom. The lowest BCUT2D eigenvalue weighted by atomic mass is 9.91. The zero-order valence-electron chi connectivity index (χ0n) is 42.5. The Bertz CT molecular complexity index is 2890. The van der Waals surface area contributed by atoms with Crippen LogP contribution in [-0.2, 0) is 44.9 Å². The summed E-state index contributed by atoms with van der Waals surface area (Å²) in [6.07, 6.45) is 2.45. The first kappa shape index (κ1) is 53.9. The molecule has 0 bridgehead atoms.